The predicted octanol–water partition coefficient (Wildman–Crippen LogP) is 11.1. The van der Waals surface area contributed by atoms with Gasteiger partial charge in [-0.2, -0.15) is 0 Å². The first-order valence-electron chi connectivity index (χ1n) is 20.7. The van der Waals surface area contributed by atoms with Crippen LogP contribution in [-0.4, -0.2) is 15.8 Å². The molecule has 0 bridgehead atoms. The van der Waals surface area contributed by atoms with Crippen LogP contribution in [0.4, 0.5) is 0 Å². The number of fused-ring (bicyclic) bond motifs is 11. The van der Waals surface area contributed by atoms with Crippen molar-refractivity contribution < 1.29 is 0 Å². The van der Waals surface area contributed by atoms with Gasteiger partial charge in [0.15, 0.2) is 0 Å². The van der Waals surface area contributed by atoms with E-state index in [1.165, 1.54) is 138 Å². The zero-order valence-corrected chi connectivity index (χ0v) is 32.9. The number of para-hydroxylation sites is 1. The summed E-state index contributed by atoms with van der Waals surface area (Å²) in [4.78, 5) is 0. The molecule has 0 amide bonds. The molecule has 0 N–H and O–H groups in total. The fourth-order valence-electron chi connectivity index (χ4n) is 12.2. The molecule has 3 heteroatoms. The zero-order chi connectivity index (χ0) is 38.3. The van der Waals surface area contributed by atoms with Gasteiger partial charge in [-0.1, -0.05) is 156 Å². The Labute approximate surface area is 337 Å². The minimum Gasteiger partial charge on any atom is -0.310 e. The number of aromatic nitrogens is 2. The molecule has 8 aromatic carbocycles. The van der Waals surface area contributed by atoms with Gasteiger partial charge < -0.3 is 9.13 Å². The van der Waals surface area contributed by atoms with E-state index in [4.69, 9.17) is 0 Å². The second-order valence-electron chi connectivity index (χ2n) is 17.5. The molecule has 14 rings (SSSR count). The lowest BCUT2D eigenvalue weighted by atomic mass is 9.33. The van der Waals surface area contributed by atoms with Crippen LogP contribution in [0, 0.1) is 27.7 Å². The molecule has 1 spiro atoms. The highest BCUT2D eigenvalue weighted by Gasteiger charge is 2.54. The Morgan fingerprint density at radius 3 is 1.76 bits per heavy atom. The maximum Gasteiger partial charge on any atom is 0.252 e. The van der Waals surface area contributed by atoms with E-state index in [0.29, 0.717) is 0 Å². The minimum absolute atomic E-state index is 0.0681. The van der Waals surface area contributed by atoms with Crippen LogP contribution in [0.3, 0.4) is 0 Å². The van der Waals surface area contributed by atoms with Crippen molar-refractivity contribution in [2.45, 2.75) is 33.1 Å². The molecule has 4 aliphatic rings. The first kappa shape index (κ1) is 31.3. The van der Waals surface area contributed by atoms with Crippen molar-refractivity contribution in [3.05, 3.63) is 196 Å². The Morgan fingerprint density at radius 2 is 1.05 bits per heavy atom. The third kappa shape index (κ3) is 3.44. The van der Waals surface area contributed by atoms with E-state index in [1.807, 2.05) is 0 Å². The molecule has 3 aliphatic heterocycles. The van der Waals surface area contributed by atoms with E-state index in [2.05, 4.69) is 188 Å². The molecule has 0 saturated heterocycles. The van der Waals surface area contributed by atoms with Gasteiger partial charge in [-0.25, -0.2) is 0 Å². The minimum atomic E-state index is -0.473. The summed E-state index contributed by atoms with van der Waals surface area (Å²) >= 11 is 0. The third-order valence-electron chi connectivity index (χ3n) is 14.3. The summed E-state index contributed by atoms with van der Waals surface area (Å²) in [7, 11) is 0. The van der Waals surface area contributed by atoms with E-state index in [9.17, 15) is 0 Å². The average Bonchev–Trinajstić information content (AvgIpc) is 3.86. The van der Waals surface area contributed by atoms with Crippen LogP contribution >= 0.6 is 0 Å². The van der Waals surface area contributed by atoms with Crippen LogP contribution in [0.5, 0.6) is 0 Å². The van der Waals surface area contributed by atoms with Crippen molar-refractivity contribution in [2.24, 2.45) is 0 Å². The van der Waals surface area contributed by atoms with Gasteiger partial charge in [-0.05, 0) is 107 Å². The standard InChI is InChI=1S/C55H37BN2/c1-30-16-20-34(21-17-30)48-38-12-9-15-45-52(38)57(50(48)35-22-18-31(2)19-23-35)47-25-24-43-54-49(47)56(45)46-29-33(4)27-40-39-26-32(3)28-44(51(39)58(54)53(40)46)55(43)41-13-7-5-10-36(41)37-11-6-8-14-42(37)55/h5-29H,1-4H3. The molecule has 1 aliphatic carbocycles. The number of benzene rings is 8. The van der Waals surface area contributed by atoms with Crippen molar-refractivity contribution in [1.29, 1.82) is 0 Å². The first-order valence-corrected chi connectivity index (χ1v) is 20.7. The molecule has 270 valence electrons. The first-order chi connectivity index (χ1) is 28.4. The Bertz CT molecular complexity index is 3490. The van der Waals surface area contributed by atoms with Crippen LogP contribution in [-0.2, 0) is 5.41 Å². The molecule has 10 aromatic rings. The Morgan fingerprint density at radius 1 is 0.431 bits per heavy atom. The van der Waals surface area contributed by atoms with E-state index >= 15 is 0 Å². The van der Waals surface area contributed by atoms with E-state index in [0.717, 1.165) is 0 Å². The van der Waals surface area contributed by atoms with Gasteiger partial charge in [0, 0.05) is 44.1 Å². The molecule has 2 nitrogen and oxygen atoms in total. The number of nitrogens with zero attached hydrogens (tertiary/aromatic N) is 2. The molecule has 0 fully saturated rings. The summed E-state index contributed by atoms with van der Waals surface area (Å²) in [6, 6.07) is 58.9. The fourth-order valence-corrected chi connectivity index (χ4v) is 12.2. The topological polar surface area (TPSA) is 9.86 Å². The molecule has 0 unspecified atom stereocenters. The molecular formula is C55H37BN2. The van der Waals surface area contributed by atoms with Crippen LogP contribution in [0.2, 0.25) is 0 Å². The lowest BCUT2D eigenvalue weighted by Crippen LogP contribution is -2.60. The third-order valence-corrected chi connectivity index (χ3v) is 14.3. The second-order valence-corrected chi connectivity index (χ2v) is 17.5. The number of aryl methyl sites for hydroxylation is 4. The van der Waals surface area contributed by atoms with Crippen molar-refractivity contribution in [3.63, 3.8) is 0 Å². The van der Waals surface area contributed by atoms with Gasteiger partial charge in [0.2, 0.25) is 0 Å². The molecular weight excluding hydrogens is 699 g/mol. The van der Waals surface area contributed by atoms with Gasteiger partial charge in [0.25, 0.3) is 6.71 Å². The fraction of sp³-hybridized carbons (Fsp3) is 0.0909. The van der Waals surface area contributed by atoms with Crippen LogP contribution in [0.25, 0.3) is 77.6 Å². The van der Waals surface area contributed by atoms with Crippen molar-refractivity contribution in [3.8, 4) is 44.9 Å². The molecule has 0 radical (unpaired) electrons. The lowest BCUT2D eigenvalue weighted by Gasteiger charge is -2.44. The van der Waals surface area contributed by atoms with Crippen molar-refractivity contribution in [2.75, 3.05) is 0 Å². The molecule has 0 atom stereocenters. The molecule has 5 heterocycles. The maximum atomic E-state index is 2.72. The lowest BCUT2D eigenvalue weighted by molar-refractivity contribution is 0.748. The molecule has 58 heavy (non-hydrogen) atoms. The summed E-state index contributed by atoms with van der Waals surface area (Å²) < 4.78 is 5.37. The van der Waals surface area contributed by atoms with Gasteiger partial charge in [0.05, 0.1) is 16.6 Å². The summed E-state index contributed by atoms with van der Waals surface area (Å²) in [6.07, 6.45) is 0. The summed E-state index contributed by atoms with van der Waals surface area (Å²) in [6.45, 7) is 9.03. The van der Waals surface area contributed by atoms with Crippen LogP contribution in [0.15, 0.2) is 152 Å². The Hall–Kier alpha value is -6.84. The van der Waals surface area contributed by atoms with E-state index in [-0.39, 0.29) is 6.71 Å². The normalized spacial score (nSPS) is 14.3. The summed E-state index contributed by atoms with van der Waals surface area (Å²) in [5, 5.41) is 4.03. The molecule has 2 aromatic heterocycles. The highest BCUT2D eigenvalue weighted by molar-refractivity contribution is 7.00. The number of hydrogen-bond acceptors (Lipinski definition) is 0. The Kier molecular flexibility index (Phi) is 5.59. The highest BCUT2D eigenvalue weighted by Crippen LogP contribution is 2.61. The summed E-state index contributed by atoms with van der Waals surface area (Å²) in [5.41, 5.74) is 28.9. The van der Waals surface area contributed by atoms with Crippen molar-refractivity contribution in [1.82, 2.24) is 9.13 Å². The Balaban J connectivity index is 1.23. The van der Waals surface area contributed by atoms with Crippen LogP contribution < -0.4 is 16.4 Å². The largest absolute Gasteiger partial charge is 0.310 e. The number of rotatable bonds is 2. The molecule has 0 saturated carbocycles. The SMILES string of the molecule is Cc1ccc(-c2c(-c3ccc(C)cc3)n3c4c(cccc24)B2c4c-3ccc3c4-n4c5c2cc(C)cc5c2cc(C)cc(c24)C32c3ccccc3-c3ccccc32)cc1. The van der Waals surface area contributed by atoms with Gasteiger partial charge in [-0.15, -0.1) is 0 Å². The average molecular weight is 737 g/mol. The van der Waals surface area contributed by atoms with Crippen LogP contribution in [0.1, 0.15) is 44.5 Å². The zero-order valence-electron chi connectivity index (χ0n) is 32.9. The van der Waals surface area contributed by atoms with Gasteiger partial charge in [-0.3, -0.25) is 0 Å². The summed E-state index contributed by atoms with van der Waals surface area (Å²) in [5.74, 6) is 0. The predicted molar refractivity (Wildman–Crippen MR) is 243 cm³/mol. The van der Waals surface area contributed by atoms with E-state index in [1.54, 1.807) is 0 Å². The van der Waals surface area contributed by atoms with E-state index < -0.39 is 5.41 Å². The number of hydrogen-bond donors (Lipinski definition) is 0. The monoisotopic (exact) mass is 736 g/mol. The highest BCUT2D eigenvalue weighted by atomic mass is 15.1. The quantitative estimate of drug-likeness (QED) is 0.156. The van der Waals surface area contributed by atoms with Gasteiger partial charge in [0.1, 0.15) is 0 Å². The smallest absolute Gasteiger partial charge is 0.252 e. The van der Waals surface area contributed by atoms with Gasteiger partial charge >= 0.3 is 0 Å². The second kappa shape index (κ2) is 10.4. The van der Waals surface area contributed by atoms with Crippen molar-refractivity contribution >= 4 is 55.8 Å². The maximum absolute atomic E-state index is 2.72.